The lowest BCUT2D eigenvalue weighted by molar-refractivity contribution is 0.0695. The normalized spacial score (nSPS) is 10.1. The molecule has 0 amide bonds. The van der Waals surface area contributed by atoms with Crippen LogP contribution in [0.2, 0.25) is 0 Å². The summed E-state index contributed by atoms with van der Waals surface area (Å²) >= 11 is 2.21. The van der Waals surface area contributed by atoms with Crippen LogP contribution in [0.25, 0.3) is 0 Å². The van der Waals surface area contributed by atoms with Gasteiger partial charge in [-0.15, -0.1) is 0 Å². The van der Waals surface area contributed by atoms with Gasteiger partial charge in [0.2, 0.25) is 5.88 Å². The van der Waals surface area contributed by atoms with E-state index in [1.165, 1.54) is 6.07 Å². The molecule has 0 saturated carbocycles. The molecule has 0 bridgehead atoms. The number of pyridine rings is 1. The zero-order chi connectivity index (χ0) is 13.1. The summed E-state index contributed by atoms with van der Waals surface area (Å²) in [6.45, 7) is 1.64. The van der Waals surface area contributed by atoms with Crippen molar-refractivity contribution in [3.8, 4) is 11.6 Å². The minimum Gasteiger partial charge on any atom is -0.478 e. The number of benzene rings is 1. The number of hydrogen-bond acceptors (Lipinski definition) is 3. The Bertz CT molecular complexity index is 581. The molecule has 0 spiro atoms. The number of aromatic carboxylic acids is 1. The fourth-order valence-electron chi connectivity index (χ4n) is 1.44. The molecule has 0 radical (unpaired) electrons. The number of ether oxygens (including phenoxy) is 1. The zero-order valence-corrected chi connectivity index (χ0v) is 11.7. The lowest BCUT2D eigenvalue weighted by Gasteiger charge is -2.06. The molecule has 18 heavy (non-hydrogen) atoms. The molecular weight excluding hydrogens is 345 g/mol. The van der Waals surface area contributed by atoms with Gasteiger partial charge in [-0.3, -0.25) is 0 Å². The van der Waals surface area contributed by atoms with Crippen LogP contribution in [-0.4, -0.2) is 16.1 Å². The van der Waals surface area contributed by atoms with Crippen LogP contribution in [0.1, 0.15) is 16.1 Å². The minimum atomic E-state index is -0.985. The van der Waals surface area contributed by atoms with Crippen molar-refractivity contribution in [3.63, 3.8) is 0 Å². The van der Waals surface area contributed by atoms with Gasteiger partial charge in [0.25, 0.3) is 0 Å². The number of hydrogen-bond donors (Lipinski definition) is 1. The average Bonchev–Trinajstić information content (AvgIpc) is 2.32. The van der Waals surface area contributed by atoms with Crippen LogP contribution in [-0.2, 0) is 0 Å². The monoisotopic (exact) mass is 355 g/mol. The lowest BCUT2D eigenvalue weighted by atomic mass is 10.2. The standard InChI is InChI=1S/C13H10INO3/c1-8-11(13(16)17)6-7-12(15-8)18-10-4-2-9(14)3-5-10/h2-7H,1H3,(H,16,17). The molecule has 92 valence electrons. The highest BCUT2D eigenvalue weighted by molar-refractivity contribution is 14.1. The SMILES string of the molecule is Cc1nc(Oc2ccc(I)cc2)ccc1C(=O)O. The Hall–Kier alpha value is -1.63. The minimum absolute atomic E-state index is 0.185. The molecule has 0 fully saturated rings. The maximum atomic E-state index is 10.8. The zero-order valence-electron chi connectivity index (χ0n) is 9.55. The van der Waals surface area contributed by atoms with Gasteiger partial charge in [0.05, 0.1) is 11.3 Å². The van der Waals surface area contributed by atoms with Gasteiger partial charge in [0.15, 0.2) is 0 Å². The van der Waals surface area contributed by atoms with Crippen molar-refractivity contribution in [2.24, 2.45) is 0 Å². The van der Waals surface area contributed by atoms with Gasteiger partial charge in [-0.05, 0) is 59.8 Å². The molecule has 2 rings (SSSR count). The van der Waals surface area contributed by atoms with Gasteiger partial charge in [-0.2, -0.15) is 0 Å². The molecule has 1 aromatic heterocycles. The van der Waals surface area contributed by atoms with Crippen LogP contribution in [0.15, 0.2) is 36.4 Å². The predicted molar refractivity (Wildman–Crippen MR) is 75.2 cm³/mol. The number of aryl methyl sites for hydroxylation is 1. The first kappa shape index (κ1) is 12.8. The summed E-state index contributed by atoms with van der Waals surface area (Å²) in [4.78, 5) is 15.0. The molecule has 1 aromatic carbocycles. The fraction of sp³-hybridized carbons (Fsp3) is 0.0769. The highest BCUT2D eigenvalue weighted by Gasteiger charge is 2.09. The summed E-state index contributed by atoms with van der Waals surface area (Å²) < 4.78 is 6.66. The van der Waals surface area contributed by atoms with Gasteiger partial charge >= 0.3 is 5.97 Å². The Kier molecular flexibility index (Phi) is 3.81. The number of carboxylic acids is 1. The smallest absolute Gasteiger partial charge is 0.337 e. The first-order valence-electron chi connectivity index (χ1n) is 5.20. The molecule has 0 atom stereocenters. The third kappa shape index (κ3) is 2.98. The van der Waals surface area contributed by atoms with Crippen molar-refractivity contribution in [2.45, 2.75) is 6.92 Å². The summed E-state index contributed by atoms with van der Waals surface area (Å²) in [6.07, 6.45) is 0. The number of halogens is 1. The highest BCUT2D eigenvalue weighted by atomic mass is 127. The number of aromatic nitrogens is 1. The van der Waals surface area contributed by atoms with Crippen LogP contribution in [0.4, 0.5) is 0 Å². The van der Waals surface area contributed by atoms with E-state index in [9.17, 15) is 4.79 Å². The van der Waals surface area contributed by atoms with E-state index in [-0.39, 0.29) is 5.56 Å². The van der Waals surface area contributed by atoms with E-state index in [0.717, 1.165) is 3.57 Å². The van der Waals surface area contributed by atoms with Crippen molar-refractivity contribution in [1.82, 2.24) is 4.98 Å². The average molecular weight is 355 g/mol. The van der Waals surface area contributed by atoms with E-state index in [4.69, 9.17) is 9.84 Å². The second-order valence-electron chi connectivity index (χ2n) is 3.64. The maximum absolute atomic E-state index is 10.8. The largest absolute Gasteiger partial charge is 0.478 e. The van der Waals surface area contributed by atoms with E-state index < -0.39 is 5.97 Å². The van der Waals surface area contributed by atoms with Gasteiger partial charge in [-0.25, -0.2) is 9.78 Å². The summed E-state index contributed by atoms with van der Waals surface area (Å²) in [6, 6.07) is 10.6. The Morgan fingerprint density at radius 1 is 1.22 bits per heavy atom. The number of carboxylic acid groups (broad SMARTS) is 1. The second kappa shape index (κ2) is 5.34. The predicted octanol–water partition coefficient (Wildman–Crippen LogP) is 3.49. The van der Waals surface area contributed by atoms with Gasteiger partial charge < -0.3 is 9.84 Å². The topological polar surface area (TPSA) is 59.4 Å². The molecule has 4 nitrogen and oxygen atoms in total. The quantitative estimate of drug-likeness (QED) is 0.857. The Labute approximate surface area is 118 Å². The summed E-state index contributed by atoms with van der Waals surface area (Å²) in [5, 5.41) is 8.90. The molecule has 0 aliphatic heterocycles. The molecule has 2 aromatic rings. The molecule has 0 aliphatic rings. The molecular formula is C13H10INO3. The third-order valence-corrected chi connectivity index (χ3v) is 3.05. The van der Waals surface area contributed by atoms with Crippen LogP contribution >= 0.6 is 22.6 Å². The molecule has 5 heteroatoms. The van der Waals surface area contributed by atoms with Gasteiger partial charge in [0.1, 0.15) is 5.75 Å². The van der Waals surface area contributed by atoms with Crippen molar-refractivity contribution in [2.75, 3.05) is 0 Å². The van der Waals surface area contributed by atoms with E-state index in [1.54, 1.807) is 13.0 Å². The summed E-state index contributed by atoms with van der Waals surface area (Å²) in [7, 11) is 0. The molecule has 0 saturated heterocycles. The van der Waals surface area contributed by atoms with Gasteiger partial charge in [-0.1, -0.05) is 0 Å². The molecule has 1 heterocycles. The summed E-state index contributed by atoms with van der Waals surface area (Å²) in [5.74, 6) is 0.0740. The van der Waals surface area contributed by atoms with E-state index in [0.29, 0.717) is 17.3 Å². The first-order valence-corrected chi connectivity index (χ1v) is 6.28. The van der Waals surface area contributed by atoms with Crippen molar-refractivity contribution < 1.29 is 14.6 Å². The number of nitrogens with zero attached hydrogens (tertiary/aromatic N) is 1. The van der Waals surface area contributed by atoms with Crippen molar-refractivity contribution in [3.05, 3.63) is 51.2 Å². The fourth-order valence-corrected chi connectivity index (χ4v) is 1.80. The number of rotatable bonds is 3. The van der Waals surface area contributed by atoms with Crippen molar-refractivity contribution >= 4 is 28.6 Å². The van der Waals surface area contributed by atoms with E-state index in [2.05, 4.69) is 27.6 Å². The second-order valence-corrected chi connectivity index (χ2v) is 4.89. The Morgan fingerprint density at radius 2 is 1.89 bits per heavy atom. The Balaban J connectivity index is 2.22. The van der Waals surface area contributed by atoms with Gasteiger partial charge in [0, 0.05) is 9.64 Å². The van der Waals surface area contributed by atoms with Crippen LogP contribution < -0.4 is 4.74 Å². The Morgan fingerprint density at radius 3 is 2.44 bits per heavy atom. The van der Waals surface area contributed by atoms with E-state index in [1.807, 2.05) is 24.3 Å². The van der Waals surface area contributed by atoms with Crippen LogP contribution in [0, 0.1) is 10.5 Å². The third-order valence-electron chi connectivity index (χ3n) is 2.33. The molecule has 0 aliphatic carbocycles. The lowest BCUT2D eigenvalue weighted by Crippen LogP contribution is -2.02. The van der Waals surface area contributed by atoms with Crippen LogP contribution in [0.3, 0.4) is 0 Å². The summed E-state index contributed by atoms with van der Waals surface area (Å²) in [5.41, 5.74) is 0.621. The highest BCUT2D eigenvalue weighted by Crippen LogP contribution is 2.21. The maximum Gasteiger partial charge on any atom is 0.337 e. The number of carbonyl (C=O) groups is 1. The molecule has 0 unspecified atom stereocenters. The molecule has 1 N–H and O–H groups in total. The first-order chi connectivity index (χ1) is 8.56. The van der Waals surface area contributed by atoms with Crippen molar-refractivity contribution in [1.29, 1.82) is 0 Å². The van der Waals surface area contributed by atoms with Crippen LogP contribution in [0.5, 0.6) is 11.6 Å². The van der Waals surface area contributed by atoms with E-state index >= 15 is 0 Å².